The monoisotopic (exact) mass is 368 g/mol. The summed E-state index contributed by atoms with van der Waals surface area (Å²) >= 11 is 1.74. The van der Waals surface area contributed by atoms with Gasteiger partial charge >= 0.3 is 0 Å². The number of likely N-dealkylation sites (tertiary alicyclic amines) is 1. The van der Waals surface area contributed by atoms with Crippen molar-refractivity contribution in [3.05, 3.63) is 46.7 Å². The minimum absolute atomic E-state index is 0.664. The Morgan fingerprint density at radius 1 is 1.12 bits per heavy atom. The molecule has 1 aliphatic heterocycles. The molecule has 0 unspecified atom stereocenters. The first-order chi connectivity index (χ1) is 12.7. The summed E-state index contributed by atoms with van der Waals surface area (Å²) < 4.78 is 2.09. The van der Waals surface area contributed by atoms with Crippen molar-refractivity contribution in [3.63, 3.8) is 0 Å². The molecule has 136 valence electrons. The van der Waals surface area contributed by atoms with Gasteiger partial charge in [-0.3, -0.25) is 19.9 Å². The molecule has 0 radical (unpaired) electrons. The van der Waals surface area contributed by atoms with Crippen molar-refractivity contribution >= 4 is 11.3 Å². The number of rotatable bonds is 5. The van der Waals surface area contributed by atoms with Crippen LogP contribution in [0.4, 0.5) is 0 Å². The molecule has 0 saturated carbocycles. The van der Waals surface area contributed by atoms with Crippen molar-refractivity contribution in [2.24, 2.45) is 13.0 Å². The van der Waals surface area contributed by atoms with Crippen LogP contribution in [0.15, 0.2) is 30.3 Å². The molecule has 0 atom stereocenters. The fraction of sp³-hybridized carbons (Fsp3) is 0.474. The number of aryl methyl sites for hydroxylation is 1. The van der Waals surface area contributed by atoms with Crippen molar-refractivity contribution in [2.75, 3.05) is 13.1 Å². The molecule has 1 saturated heterocycles. The summed E-state index contributed by atoms with van der Waals surface area (Å²) in [6.45, 7) is 5.33. The maximum Gasteiger partial charge on any atom is 0.110 e. The summed E-state index contributed by atoms with van der Waals surface area (Å²) in [7, 11) is 2.04. The molecule has 3 aromatic rings. The lowest BCUT2D eigenvalue weighted by molar-refractivity contribution is 0.178. The zero-order chi connectivity index (χ0) is 17.9. The van der Waals surface area contributed by atoms with Crippen LogP contribution in [-0.4, -0.2) is 42.5 Å². The van der Waals surface area contributed by atoms with Crippen LogP contribution < -0.4 is 0 Å². The molecular formula is C19H24N6S. The van der Waals surface area contributed by atoms with Gasteiger partial charge in [-0.25, -0.2) is 4.98 Å². The molecule has 3 aromatic heterocycles. The molecule has 6 nitrogen and oxygen atoms in total. The molecule has 26 heavy (non-hydrogen) atoms. The van der Waals surface area contributed by atoms with E-state index in [2.05, 4.69) is 29.4 Å². The first-order valence-electron chi connectivity index (χ1n) is 9.09. The largest absolute Gasteiger partial charge is 0.330 e. The van der Waals surface area contributed by atoms with Gasteiger partial charge in [0, 0.05) is 37.1 Å². The number of nitrogens with zero attached hydrogens (tertiary/aromatic N) is 6. The lowest BCUT2D eigenvalue weighted by Crippen LogP contribution is -2.33. The van der Waals surface area contributed by atoms with Crippen molar-refractivity contribution in [3.8, 4) is 11.4 Å². The average molecular weight is 369 g/mol. The van der Waals surface area contributed by atoms with Gasteiger partial charge in [-0.2, -0.15) is 0 Å². The summed E-state index contributed by atoms with van der Waals surface area (Å²) in [6, 6.07) is 0. The molecule has 0 N–H and O–H groups in total. The SMILES string of the molecule is Cc1ncc(-c2nccnc2CC2CCN(Cc3cncs3)CC2)n1C. The maximum absolute atomic E-state index is 4.66. The van der Waals surface area contributed by atoms with E-state index in [1.54, 1.807) is 23.7 Å². The first kappa shape index (κ1) is 17.3. The second kappa shape index (κ2) is 7.63. The molecule has 1 aliphatic rings. The highest BCUT2D eigenvalue weighted by Crippen LogP contribution is 2.27. The third-order valence-electron chi connectivity index (χ3n) is 5.29. The first-order valence-corrected chi connectivity index (χ1v) is 9.97. The van der Waals surface area contributed by atoms with E-state index in [4.69, 9.17) is 0 Å². The highest BCUT2D eigenvalue weighted by atomic mass is 32.1. The number of thiazole rings is 1. The molecule has 0 bridgehead atoms. The standard InChI is InChI=1S/C19H24N6S/c1-14-23-11-18(24(14)2)19-17(21-5-6-22-19)9-15-3-7-25(8-4-15)12-16-10-20-13-26-16/h5-6,10-11,13,15H,3-4,7-9,12H2,1-2H3. The molecule has 7 heteroatoms. The van der Waals surface area contributed by atoms with Crippen LogP contribution in [0.25, 0.3) is 11.4 Å². The van der Waals surface area contributed by atoms with Crippen molar-refractivity contribution in [1.29, 1.82) is 0 Å². The summed E-state index contributed by atoms with van der Waals surface area (Å²) in [6.07, 6.45) is 10.9. The molecule has 4 rings (SSSR count). The van der Waals surface area contributed by atoms with Gasteiger partial charge in [-0.1, -0.05) is 0 Å². The molecule has 0 aromatic carbocycles. The van der Waals surface area contributed by atoms with Crippen molar-refractivity contribution < 1.29 is 0 Å². The number of hydrogen-bond acceptors (Lipinski definition) is 6. The van der Waals surface area contributed by atoms with E-state index in [0.717, 1.165) is 49.0 Å². The Morgan fingerprint density at radius 2 is 1.92 bits per heavy atom. The molecule has 0 spiro atoms. The van der Waals surface area contributed by atoms with Crippen molar-refractivity contribution in [2.45, 2.75) is 32.7 Å². The summed E-state index contributed by atoms with van der Waals surface area (Å²) in [5.74, 6) is 1.66. The van der Waals surface area contributed by atoms with Crippen LogP contribution in [0.1, 0.15) is 29.2 Å². The van der Waals surface area contributed by atoms with Crippen molar-refractivity contribution in [1.82, 2.24) is 29.4 Å². The lowest BCUT2D eigenvalue weighted by atomic mass is 9.91. The predicted octanol–water partition coefficient (Wildman–Crippen LogP) is 3.10. The van der Waals surface area contributed by atoms with E-state index in [1.807, 2.05) is 31.9 Å². The lowest BCUT2D eigenvalue weighted by Gasteiger charge is -2.31. The maximum atomic E-state index is 4.66. The van der Waals surface area contributed by atoms with Gasteiger partial charge in [0.15, 0.2) is 0 Å². The Hall–Kier alpha value is -2.12. The summed E-state index contributed by atoms with van der Waals surface area (Å²) in [5, 5.41) is 0. The average Bonchev–Trinajstić information content (AvgIpc) is 3.28. The van der Waals surface area contributed by atoms with Crippen LogP contribution >= 0.6 is 11.3 Å². The quantitative estimate of drug-likeness (QED) is 0.693. The summed E-state index contributed by atoms with van der Waals surface area (Å²) in [5.41, 5.74) is 5.03. The van der Waals surface area contributed by atoms with Crippen LogP contribution in [0.3, 0.4) is 0 Å². The van der Waals surface area contributed by atoms with E-state index >= 15 is 0 Å². The zero-order valence-electron chi connectivity index (χ0n) is 15.3. The van der Waals surface area contributed by atoms with Crippen LogP contribution in [0.5, 0.6) is 0 Å². The number of imidazole rings is 1. The Balaban J connectivity index is 1.42. The zero-order valence-corrected chi connectivity index (χ0v) is 16.1. The number of hydrogen-bond donors (Lipinski definition) is 0. The van der Waals surface area contributed by atoms with Crippen LogP contribution in [0, 0.1) is 12.8 Å². The fourth-order valence-corrected chi connectivity index (χ4v) is 4.25. The number of piperidine rings is 1. The van der Waals surface area contributed by atoms with Crippen LogP contribution in [0.2, 0.25) is 0 Å². The van der Waals surface area contributed by atoms with Gasteiger partial charge in [-0.15, -0.1) is 11.3 Å². The predicted molar refractivity (Wildman–Crippen MR) is 103 cm³/mol. The van der Waals surface area contributed by atoms with E-state index in [-0.39, 0.29) is 0 Å². The Kier molecular flexibility index (Phi) is 5.08. The minimum atomic E-state index is 0.664. The highest BCUT2D eigenvalue weighted by Gasteiger charge is 2.22. The van der Waals surface area contributed by atoms with Gasteiger partial charge < -0.3 is 4.57 Å². The normalized spacial score (nSPS) is 16.2. The van der Waals surface area contributed by atoms with Gasteiger partial charge in [0.25, 0.3) is 0 Å². The smallest absolute Gasteiger partial charge is 0.110 e. The van der Waals surface area contributed by atoms with Gasteiger partial charge in [0.2, 0.25) is 0 Å². The highest BCUT2D eigenvalue weighted by molar-refractivity contribution is 7.09. The third kappa shape index (κ3) is 3.68. The molecule has 0 aliphatic carbocycles. The second-order valence-corrected chi connectivity index (χ2v) is 7.96. The van der Waals surface area contributed by atoms with E-state index in [0.29, 0.717) is 5.92 Å². The Morgan fingerprint density at radius 3 is 2.62 bits per heavy atom. The van der Waals surface area contributed by atoms with Gasteiger partial charge in [0.05, 0.1) is 23.1 Å². The van der Waals surface area contributed by atoms with Gasteiger partial charge in [0.1, 0.15) is 11.5 Å². The molecular weight excluding hydrogens is 344 g/mol. The third-order valence-corrected chi connectivity index (χ3v) is 6.05. The van der Waals surface area contributed by atoms with E-state index in [1.165, 1.54) is 17.7 Å². The minimum Gasteiger partial charge on any atom is -0.330 e. The molecule has 1 fully saturated rings. The fourth-order valence-electron chi connectivity index (χ4n) is 3.61. The molecule has 4 heterocycles. The number of aromatic nitrogens is 5. The van der Waals surface area contributed by atoms with Crippen LogP contribution in [-0.2, 0) is 20.0 Å². The molecule has 0 amide bonds. The second-order valence-electron chi connectivity index (χ2n) is 6.99. The van der Waals surface area contributed by atoms with E-state index in [9.17, 15) is 0 Å². The van der Waals surface area contributed by atoms with Gasteiger partial charge in [-0.05, 0) is 45.2 Å². The summed E-state index contributed by atoms with van der Waals surface area (Å²) in [4.78, 5) is 21.7. The Labute approximate surface area is 158 Å². The van der Waals surface area contributed by atoms with E-state index < -0.39 is 0 Å². The Bertz CT molecular complexity index is 849. The topological polar surface area (TPSA) is 59.7 Å².